The zero-order valence-electron chi connectivity index (χ0n) is 13.9. The van der Waals surface area contributed by atoms with Crippen LogP contribution in [0.3, 0.4) is 0 Å². The molecule has 1 aromatic carbocycles. The zero-order chi connectivity index (χ0) is 16.7. The van der Waals surface area contributed by atoms with Crippen molar-refractivity contribution in [1.82, 2.24) is 10.2 Å². The van der Waals surface area contributed by atoms with Crippen molar-refractivity contribution in [2.24, 2.45) is 11.8 Å². The molecule has 1 saturated carbocycles. The van der Waals surface area contributed by atoms with Crippen LogP contribution in [0.15, 0.2) is 24.3 Å². The van der Waals surface area contributed by atoms with Gasteiger partial charge in [0.25, 0.3) is 0 Å². The Morgan fingerprint density at radius 2 is 1.88 bits per heavy atom. The number of hydrogen-bond donors (Lipinski definition) is 1. The molecule has 0 spiro atoms. The first-order chi connectivity index (χ1) is 11.5. The van der Waals surface area contributed by atoms with Crippen LogP contribution in [0.4, 0.5) is 13.2 Å². The van der Waals surface area contributed by atoms with Crippen molar-refractivity contribution in [2.45, 2.75) is 43.8 Å². The molecule has 1 aromatic rings. The Kier molecular flexibility index (Phi) is 4.33. The second-order valence-electron chi connectivity index (χ2n) is 7.65. The fraction of sp³-hybridized carbons (Fsp3) is 0.684. The van der Waals surface area contributed by atoms with Gasteiger partial charge in [0.05, 0.1) is 6.42 Å². The number of hydrogen-bond acceptors (Lipinski definition) is 2. The van der Waals surface area contributed by atoms with Crippen LogP contribution in [0.5, 0.6) is 0 Å². The lowest BCUT2D eigenvalue weighted by molar-refractivity contribution is -0.138. The fourth-order valence-electron chi connectivity index (χ4n) is 4.71. The van der Waals surface area contributed by atoms with E-state index >= 15 is 0 Å². The minimum atomic E-state index is -4.03. The molecule has 3 aliphatic rings. The Morgan fingerprint density at radius 3 is 2.62 bits per heavy atom. The van der Waals surface area contributed by atoms with Crippen LogP contribution >= 0.6 is 0 Å². The van der Waals surface area contributed by atoms with Gasteiger partial charge in [-0.2, -0.15) is 13.2 Å². The molecule has 4 rings (SSSR count). The van der Waals surface area contributed by atoms with Crippen molar-refractivity contribution in [1.29, 1.82) is 0 Å². The highest BCUT2D eigenvalue weighted by atomic mass is 19.4. The van der Waals surface area contributed by atoms with Crippen molar-refractivity contribution in [3.8, 4) is 0 Å². The Morgan fingerprint density at radius 1 is 1.12 bits per heavy atom. The first-order valence-corrected chi connectivity index (χ1v) is 9.11. The number of benzene rings is 1. The van der Waals surface area contributed by atoms with Gasteiger partial charge in [-0.05, 0) is 67.8 Å². The molecule has 5 heteroatoms. The lowest BCUT2D eigenvalue weighted by atomic mass is 10.0. The summed E-state index contributed by atoms with van der Waals surface area (Å²) >= 11 is 0. The van der Waals surface area contributed by atoms with Gasteiger partial charge in [0, 0.05) is 12.6 Å². The molecule has 1 N–H and O–H groups in total. The van der Waals surface area contributed by atoms with Crippen LogP contribution in [0.25, 0.3) is 0 Å². The van der Waals surface area contributed by atoms with E-state index in [9.17, 15) is 13.2 Å². The van der Waals surface area contributed by atoms with Crippen molar-refractivity contribution in [3.63, 3.8) is 0 Å². The van der Waals surface area contributed by atoms with Crippen molar-refractivity contribution in [2.75, 3.05) is 26.2 Å². The second-order valence-corrected chi connectivity index (χ2v) is 7.65. The average Bonchev–Trinajstić information content (AvgIpc) is 3.09. The van der Waals surface area contributed by atoms with Gasteiger partial charge in [0.1, 0.15) is 0 Å². The molecule has 0 aromatic heterocycles. The maximum Gasteiger partial charge on any atom is 0.390 e. The van der Waals surface area contributed by atoms with Gasteiger partial charge in [-0.3, -0.25) is 0 Å². The van der Waals surface area contributed by atoms with E-state index in [1.165, 1.54) is 12.0 Å². The third-order valence-electron chi connectivity index (χ3n) is 6.14. The number of nitrogens with zero attached hydrogens (tertiary/aromatic N) is 1. The zero-order valence-corrected chi connectivity index (χ0v) is 13.9. The van der Waals surface area contributed by atoms with Gasteiger partial charge in [0.15, 0.2) is 0 Å². The molecular weight excluding hydrogens is 313 g/mol. The van der Waals surface area contributed by atoms with E-state index in [1.807, 2.05) is 4.90 Å². The van der Waals surface area contributed by atoms with Crippen LogP contribution in [0, 0.1) is 11.8 Å². The molecule has 3 atom stereocenters. The fourth-order valence-corrected chi connectivity index (χ4v) is 4.71. The quantitative estimate of drug-likeness (QED) is 0.883. The van der Waals surface area contributed by atoms with Gasteiger partial charge >= 0.3 is 6.18 Å². The van der Waals surface area contributed by atoms with Gasteiger partial charge in [-0.15, -0.1) is 0 Å². The minimum Gasteiger partial charge on any atom is -0.314 e. The summed E-state index contributed by atoms with van der Waals surface area (Å²) < 4.78 is 36.8. The Hall–Kier alpha value is -1.07. The highest BCUT2D eigenvalue weighted by Gasteiger charge is 2.54. The highest BCUT2D eigenvalue weighted by molar-refractivity contribution is 5.43. The van der Waals surface area contributed by atoms with E-state index in [1.54, 1.807) is 5.56 Å². The lowest BCUT2D eigenvalue weighted by Gasteiger charge is -2.32. The van der Waals surface area contributed by atoms with Crippen LogP contribution < -0.4 is 5.32 Å². The van der Waals surface area contributed by atoms with Crippen LogP contribution in [0.2, 0.25) is 0 Å². The largest absolute Gasteiger partial charge is 0.390 e. The minimum absolute atomic E-state index is 0.153. The predicted molar refractivity (Wildman–Crippen MR) is 88.0 cm³/mol. The summed E-state index contributed by atoms with van der Waals surface area (Å²) in [4.78, 5) is 1.95. The van der Waals surface area contributed by atoms with Crippen molar-refractivity contribution < 1.29 is 13.2 Å². The van der Waals surface area contributed by atoms with Crippen LogP contribution in [0.1, 0.15) is 36.3 Å². The van der Waals surface area contributed by atoms with E-state index in [0.29, 0.717) is 6.04 Å². The van der Waals surface area contributed by atoms with Crippen LogP contribution in [-0.2, 0) is 6.42 Å². The molecule has 2 nitrogen and oxygen atoms in total. The first-order valence-electron chi connectivity index (χ1n) is 9.11. The molecule has 2 fully saturated rings. The standard InChI is InChI=1S/C19H25F3N2/c20-19(21,22)7-10-24-8-5-14(6-9-24)23-12-17-16-11-13-3-1-2-4-15(13)18(16)17/h1-4,14,16-18,23H,5-12H2. The summed E-state index contributed by atoms with van der Waals surface area (Å²) in [5, 5.41) is 3.69. The number of piperidine rings is 1. The summed E-state index contributed by atoms with van der Waals surface area (Å²) in [5.41, 5.74) is 3.08. The van der Waals surface area contributed by atoms with E-state index < -0.39 is 12.6 Å². The monoisotopic (exact) mass is 338 g/mol. The van der Waals surface area contributed by atoms with Gasteiger partial charge in [-0.25, -0.2) is 0 Å². The number of rotatable bonds is 5. The van der Waals surface area contributed by atoms with Gasteiger partial charge in [-0.1, -0.05) is 24.3 Å². The van der Waals surface area contributed by atoms with E-state index in [0.717, 1.165) is 50.2 Å². The highest BCUT2D eigenvalue weighted by Crippen LogP contribution is 2.60. The molecule has 1 aliphatic heterocycles. The summed E-state index contributed by atoms with van der Waals surface area (Å²) in [6.07, 6.45) is -1.55. The Labute approximate surface area is 141 Å². The predicted octanol–water partition coefficient (Wildman–Crippen LogP) is 3.58. The van der Waals surface area contributed by atoms with E-state index in [-0.39, 0.29) is 6.54 Å². The summed E-state index contributed by atoms with van der Waals surface area (Å²) in [6.45, 7) is 2.79. The smallest absolute Gasteiger partial charge is 0.314 e. The third kappa shape index (κ3) is 3.47. The normalized spacial score (nSPS) is 30.2. The average molecular weight is 338 g/mol. The van der Waals surface area contributed by atoms with Gasteiger partial charge in [0.2, 0.25) is 0 Å². The molecule has 1 saturated heterocycles. The number of halogens is 3. The lowest BCUT2D eigenvalue weighted by Crippen LogP contribution is -2.44. The molecule has 132 valence electrons. The number of alkyl halides is 3. The number of fused-ring (bicyclic) bond motifs is 3. The molecule has 24 heavy (non-hydrogen) atoms. The molecule has 0 bridgehead atoms. The second kappa shape index (κ2) is 6.34. The molecule has 1 heterocycles. The van der Waals surface area contributed by atoms with E-state index in [4.69, 9.17) is 0 Å². The summed E-state index contributed by atoms with van der Waals surface area (Å²) in [6, 6.07) is 9.27. The maximum absolute atomic E-state index is 12.3. The van der Waals surface area contributed by atoms with Crippen molar-refractivity contribution in [3.05, 3.63) is 35.4 Å². The number of likely N-dealkylation sites (tertiary alicyclic amines) is 1. The third-order valence-corrected chi connectivity index (χ3v) is 6.14. The molecular formula is C19H25F3N2. The SMILES string of the molecule is FC(F)(F)CCN1CCC(NCC2C3Cc4ccccc4C23)CC1. The summed E-state index contributed by atoms with van der Waals surface area (Å²) in [7, 11) is 0. The number of nitrogens with one attached hydrogen (secondary N) is 1. The summed E-state index contributed by atoms with van der Waals surface area (Å²) in [5.74, 6) is 2.34. The first kappa shape index (κ1) is 16.4. The molecule has 3 unspecified atom stereocenters. The van der Waals surface area contributed by atoms with Gasteiger partial charge < -0.3 is 10.2 Å². The van der Waals surface area contributed by atoms with Crippen molar-refractivity contribution >= 4 is 0 Å². The molecule has 0 amide bonds. The van der Waals surface area contributed by atoms with Crippen LogP contribution in [-0.4, -0.2) is 43.3 Å². The Bertz CT molecular complexity index is 578. The maximum atomic E-state index is 12.3. The molecule has 0 radical (unpaired) electrons. The molecule has 2 aliphatic carbocycles. The topological polar surface area (TPSA) is 15.3 Å². The van der Waals surface area contributed by atoms with E-state index in [2.05, 4.69) is 29.6 Å². The Balaban J connectivity index is 1.18.